The van der Waals surface area contributed by atoms with Gasteiger partial charge >= 0.3 is 24.1 Å². The van der Waals surface area contributed by atoms with Crippen molar-refractivity contribution in [2.45, 2.75) is 38.3 Å². The molecule has 1 atom stereocenters. The van der Waals surface area contributed by atoms with E-state index in [2.05, 4.69) is 5.32 Å². The third kappa shape index (κ3) is 4.60. The zero-order valence-electron chi connectivity index (χ0n) is 20.2. The van der Waals surface area contributed by atoms with Crippen LogP contribution in [-0.4, -0.2) is 52.3 Å². The van der Waals surface area contributed by atoms with Crippen LogP contribution in [0.25, 0.3) is 22.3 Å². The monoisotopic (exact) mass is 533 g/mol. The number of ether oxygens (including phenoxy) is 2. The Morgan fingerprint density at radius 1 is 1.24 bits per heavy atom. The Morgan fingerprint density at radius 2 is 1.92 bits per heavy atom. The molecule has 3 aromatic rings. The molecule has 2 aromatic heterocycles. The van der Waals surface area contributed by atoms with Crippen molar-refractivity contribution in [1.82, 2.24) is 14.9 Å². The molecule has 2 aliphatic rings. The number of halogens is 3. The van der Waals surface area contributed by atoms with Crippen molar-refractivity contribution in [1.29, 1.82) is 0 Å². The molecule has 0 bridgehead atoms. The summed E-state index contributed by atoms with van der Waals surface area (Å²) in [5.41, 5.74) is 1.86. The number of aromatic nitrogens is 2. The summed E-state index contributed by atoms with van der Waals surface area (Å²) in [4.78, 5) is 52.2. The van der Waals surface area contributed by atoms with E-state index in [9.17, 15) is 27.6 Å². The maximum absolute atomic E-state index is 13.4. The second-order valence-corrected chi connectivity index (χ2v) is 8.57. The summed E-state index contributed by atoms with van der Waals surface area (Å²) in [6.45, 7) is 1.91. The number of nitrogens with zero attached hydrogens (tertiary/aromatic N) is 2. The summed E-state index contributed by atoms with van der Waals surface area (Å²) in [5.74, 6) is -4.02. The number of para-hydroxylation sites is 1. The number of hydrogen-bond acceptors (Lipinski definition) is 8. The third-order valence-electron chi connectivity index (χ3n) is 6.24. The minimum absolute atomic E-state index is 0.0648. The van der Waals surface area contributed by atoms with Gasteiger partial charge in [-0.1, -0.05) is 25.1 Å². The summed E-state index contributed by atoms with van der Waals surface area (Å²) >= 11 is 0. The van der Waals surface area contributed by atoms with Gasteiger partial charge in [-0.2, -0.15) is 13.2 Å². The van der Waals surface area contributed by atoms with Gasteiger partial charge in [-0.3, -0.25) is 9.59 Å². The number of fused-ring (bicyclic) bond motifs is 5. The molecule has 0 unspecified atom stereocenters. The molecule has 13 heteroatoms. The topological polar surface area (TPSA) is 137 Å². The highest BCUT2D eigenvalue weighted by atomic mass is 19.4. The Bertz CT molecular complexity index is 1520. The van der Waals surface area contributed by atoms with Gasteiger partial charge in [-0.05, 0) is 31.7 Å². The predicted octanol–water partition coefficient (Wildman–Crippen LogP) is 2.48. The van der Waals surface area contributed by atoms with Crippen molar-refractivity contribution in [3.05, 3.63) is 63.4 Å². The highest BCUT2D eigenvalue weighted by molar-refractivity contribution is 5.88. The molecule has 0 radical (unpaired) electrons. The molecule has 0 saturated heterocycles. The molecule has 2 N–H and O–H groups in total. The lowest BCUT2D eigenvalue weighted by Crippen LogP contribution is -2.48. The number of nitrogens with one attached hydrogen (secondary N) is 1. The lowest BCUT2D eigenvalue weighted by Gasteiger charge is -2.35. The number of alkyl halides is 3. The number of carbonyl (C=O) groups is 3. The fraction of sp³-hybridized carbons (Fsp3) is 0.320. The predicted molar refractivity (Wildman–Crippen MR) is 126 cm³/mol. The normalized spacial score (nSPS) is 17.4. The summed E-state index contributed by atoms with van der Waals surface area (Å²) in [6, 6.07) is 11.6. The number of carboxylic acid groups (broad SMARTS) is 1. The van der Waals surface area contributed by atoms with E-state index in [4.69, 9.17) is 24.4 Å². The second-order valence-electron chi connectivity index (χ2n) is 8.57. The minimum atomic E-state index is -5.08. The SMILES string of the molecule is CC[C@@]1(OC(=O)CNC)C(=O)OCc2c1cc1n(c2=O)Cc2cc3ccccc3nc2-1.O=C(O)C(F)(F)F. The van der Waals surface area contributed by atoms with E-state index in [-0.39, 0.29) is 25.1 Å². The maximum Gasteiger partial charge on any atom is 0.490 e. The van der Waals surface area contributed by atoms with Gasteiger partial charge in [-0.15, -0.1) is 0 Å². The van der Waals surface area contributed by atoms with Gasteiger partial charge < -0.3 is 24.5 Å². The van der Waals surface area contributed by atoms with Crippen LogP contribution in [-0.2, 0) is 42.6 Å². The zero-order chi connectivity index (χ0) is 27.8. The third-order valence-corrected chi connectivity index (χ3v) is 6.24. The van der Waals surface area contributed by atoms with Gasteiger partial charge in [0.05, 0.1) is 35.6 Å². The first-order chi connectivity index (χ1) is 17.9. The summed E-state index contributed by atoms with van der Waals surface area (Å²) in [7, 11) is 1.61. The molecule has 1 aromatic carbocycles. The number of hydrogen-bond donors (Lipinski definition) is 2. The molecule has 2 aliphatic heterocycles. The van der Waals surface area contributed by atoms with Crippen molar-refractivity contribution >= 4 is 28.8 Å². The van der Waals surface area contributed by atoms with Crippen LogP contribution in [0.2, 0.25) is 0 Å². The second kappa shape index (κ2) is 9.89. The molecular weight excluding hydrogens is 511 g/mol. The van der Waals surface area contributed by atoms with Crippen LogP contribution >= 0.6 is 0 Å². The lowest BCUT2D eigenvalue weighted by atomic mass is 9.85. The van der Waals surface area contributed by atoms with Gasteiger partial charge in [-0.25, -0.2) is 14.6 Å². The smallest absolute Gasteiger partial charge is 0.475 e. The Balaban J connectivity index is 0.000000426. The number of carboxylic acids is 1. The Hall–Kier alpha value is -4.26. The Labute approximate surface area is 213 Å². The highest BCUT2D eigenvalue weighted by Gasteiger charge is 2.50. The minimum Gasteiger partial charge on any atom is -0.475 e. The summed E-state index contributed by atoms with van der Waals surface area (Å²) < 4.78 is 44.3. The van der Waals surface area contributed by atoms with Gasteiger partial charge in [0.15, 0.2) is 0 Å². The molecule has 0 amide bonds. The fourth-order valence-electron chi connectivity index (χ4n) is 4.46. The molecular formula is C25H22F3N3O7. The molecule has 0 spiro atoms. The Morgan fingerprint density at radius 3 is 2.55 bits per heavy atom. The van der Waals surface area contributed by atoms with E-state index in [1.807, 2.05) is 30.3 Å². The number of rotatable bonds is 4. The van der Waals surface area contributed by atoms with E-state index in [1.54, 1.807) is 24.6 Å². The fourth-order valence-corrected chi connectivity index (χ4v) is 4.46. The molecule has 5 rings (SSSR count). The molecule has 200 valence electrons. The average molecular weight is 533 g/mol. The number of aliphatic carboxylic acids is 1. The van der Waals surface area contributed by atoms with Crippen LogP contribution in [0.5, 0.6) is 0 Å². The van der Waals surface area contributed by atoms with E-state index in [1.165, 1.54) is 0 Å². The number of benzene rings is 1. The quantitative estimate of drug-likeness (QED) is 0.379. The van der Waals surface area contributed by atoms with Crippen molar-refractivity contribution in [3.8, 4) is 11.4 Å². The average Bonchev–Trinajstić information content (AvgIpc) is 3.22. The Kier molecular flexibility index (Phi) is 6.98. The molecule has 10 nitrogen and oxygen atoms in total. The number of esters is 2. The highest BCUT2D eigenvalue weighted by Crippen LogP contribution is 2.40. The van der Waals surface area contributed by atoms with Crippen molar-refractivity contribution in [3.63, 3.8) is 0 Å². The summed E-state index contributed by atoms with van der Waals surface area (Å²) in [6.07, 6.45) is -4.94. The molecule has 38 heavy (non-hydrogen) atoms. The largest absolute Gasteiger partial charge is 0.490 e. The molecule has 0 fully saturated rings. The van der Waals surface area contributed by atoms with Crippen LogP contribution in [0.1, 0.15) is 30.0 Å². The van der Waals surface area contributed by atoms with Crippen LogP contribution in [0.3, 0.4) is 0 Å². The van der Waals surface area contributed by atoms with Crippen LogP contribution in [0, 0.1) is 0 Å². The van der Waals surface area contributed by atoms with Gasteiger partial charge in [0.1, 0.15) is 6.61 Å². The number of likely N-dealkylation sites (N-methyl/N-ethyl adjacent to an activating group) is 1. The van der Waals surface area contributed by atoms with Gasteiger partial charge in [0, 0.05) is 16.5 Å². The van der Waals surface area contributed by atoms with E-state index in [0.717, 1.165) is 16.5 Å². The lowest BCUT2D eigenvalue weighted by molar-refractivity contribution is -0.192. The molecule has 0 saturated carbocycles. The number of pyridine rings is 2. The zero-order valence-corrected chi connectivity index (χ0v) is 20.2. The van der Waals surface area contributed by atoms with Crippen LogP contribution in [0.15, 0.2) is 41.2 Å². The van der Waals surface area contributed by atoms with Crippen LogP contribution in [0.4, 0.5) is 13.2 Å². The van der Waals surface area contributed by atoms with E-state index < -0.39 is 29.7 Å². The van der Waals surface area contributed by atoms with Gasteiger partial charge in [0.2, 0.25) is 5.60 Å². The maximum atomic E-state index is 13.4. The van der Waals surface area contributed by atoms with Gasteiger partial charge in [0.25, 0.3) is 5.56 Å². The first kappa shape index (κ1) is 26.8. The number of cyclic esters (lactones) is 1. The van der Waals surface area contributed by atoms with Crippen molar-refractivity contribution < 1.29 is 42.1 Å². The van der Waals surface area contributed by atoms with Crippen molar-refractivity contribution in [2.75, 3.05) is 13.6 Å². The molecule has 0 aliphatic carbocycles. The van der Waals surface area contributed by atoms with E-state index in [0.29, 0.717) is 29.1 Å². The molecule has 4 heterocycles. The van der Waals surface area contributed by atoms with Crippen molar-refractivity contribution in [2.24, 2.45) is 0 Å². The number of carbonyl (C=O) groups excluding carboxylic acids is 2. The first-order valence-electron chi connectivity index (χ1n) is 11.4. The standard InChI is InChI=1S/C23H21N3O5.C2HF3O2/c1-3-23(31-19(27)10-24-2)16-9-18-20-14(8-13-6-4-5-7-17(13)25-20)11-26(18)21(28)15(16)12-30-22(23)29;3-2(4,5)1(6)7/h4-9,24H,3,10-12H2,1-2H3;(H,6,7)/t23-;/m0./s1. The summed E-state index contributed by atoms with van der Waals surface area (Å²) in [5, 5.41) is 10.8. The van der Waals surface area contributed by atoms with Crippen LogP contribution < -0.4 is 10.9 Å². The van der Waals surface area contributed by atoms with E-state index >= 15 is 0 Å². The first-order valence-corrected chi connectivity index (χ1v) is 11.4.